The number of guanidine groups is 1. The maximum atomic E-state index is 13.7. The van der Waals surface area contributed by atoms with Gasteiger partial charge in [0.25, 0.3) is 5.91 Å². The molecule has 0 radical (unpaired) electrons. The highest BCUT2D eigenvalue weighted by Crippen LogP contribution is 2.43. The van der Waals surface area contributed by atoms with Crippen LogP contribution < -0.4 is 20.3 Å². The summed E-state index contributed by atoms with van der Waals surface area (Å²) in [5.41, 5.74) is 5.86. The minimum absolute atomic E-state index is 0.295. The van der Waals surface area contributed by atoms with Gasteiger partial charge in [0.15, 0.2) is 0 Å². The Bertz CT molecular complexity index is 1520. The lowest BCUT2D eigenvalue weighted by Crippen LogP contribution is -2.36. The quantitative estimate of drug-likeness (QED) is 0.459. The van der Waals surface area contributed by atoms with E-state index in [1.54, 1.807) is 23.0 Å². The third-order valence-corrected chi connectivity index (χ3v) is 9.11. The van der Waals surface area contributed by atoms with Gasteiger partial charge < -0.3 is 25.2 Å². The summed E-state index contributed by atoms with van der Waals surface area (Å²) in [6.07, 6.45) is 8.53. The predicted molar refractivity (Wildman–Crippen MR) is 165 cm³/mol. The minimum Gasteiger partial charge on any atom is -0.477 e. The molecular weight excluding hydrogens is 528 g/mol. The molecule has 2 fully saturated rings. The van der Waals surface area contributed by atoms with E-state index in [2.05, 4.69) is 50.8 Å². The number of ether oxygens (including phenoxy) is 1. The lowest BCUT2D eigenvalue weighted by Gasteiger charge is -2.30. The summed E-state index contributed by atoms with van der Waals surface area (Å²) in [5, 5.41) is 11.7. The summed E-state index contributed by atoms with van der Waals surface area (Å²) >= 11 is 0. The zero-order chi connectivity index (χ0) is 28.8. The number of fused-ring (bicyclic) bond motifs is 7. The van der Waals surface area contributed by atoms with Gasteiger partial charge in [-0.2, -0.15) is 10.1 Å². The van der Waals surface area contributed by atoms with Gasteiger partial charge in [-0.3, -0.25) is 9.78 Å². The fourth-order valence-electron chi connectivity index (χ4n) is 6.58. The van der Waals surface area contributed by atoms with Crippen LogP contribution in [0.4, 0.5) is 17.1 Å². The molecule has 1 unspecified atom stereocenters. The van der Waals surface area contributed by atoms with Gasteiger partial charge in [-0.15, -0.1) is 0 Å². The first-order valence-electron chi connectivity index (χ1n) is 15.3. The smallest absolute Gasteiger partial charge is 0.280 e. The van der Waals surface area contributed by atoms with Crippen LogP contribution in [0.2, 0.25) is 0 Å². The molecule has 1 aliphatic carbocycles. The molecule has 3 aliphatic heterocycles. The molecule has 10 nitrogen and oxygen atoms in total. The molecule has 0 spiro atoms. The van der Waals surface area contributed by atoms with Gasteiger partial charge in [-0.25, -0.2) is 4.68 Å². The van der Waals surface area contributed by atoms with Crippen molar-refractivity contribution in [3.63, 3.8) is 0 Å². The van der Waals surface area contributed by atoms with Gasteiger partial charge in [0.2, 0.25) is 11.8 Å². The number of carbonyl (C=O) groups excluding carboxylic acids is 1. The first-order valence-corrected chi connectivity index (χ1v) is 15.3. The van der Waals surface area contributed by atoms with Crippen molar-refractivity contribution in [2.45, 2.75) is 51.5 Å². The Morgan fingerprint density at radius 1 is 1.02 bits per heavy atom. The normalized spacial score (nSPS) is 22.9. The largest absolute Gasteiger partial charge is 0.477 e. The average molecular weight is 569 g/mol. The molecule has 2 aromatic heterocycles. The summed E-state index contributed by atoms with van der Waals surface area (Å²) in [4.78, 5) is 27.7. The van der Waals surface area contributed by atoms with Gasteiger partial charge in [-0.05, 0) is 108 Å². The third-order valence-electron chi connectivity index (χ3n) is 9.11. The van der Waals surface area contributed by atoms with Crippen LogP contribution in [0, 0.1) is 18.8 Å². The Hall–Kier alpha value is -3.92. The number of aromatic nitrogens is 3. The molecule has 2 bridgehead atoms. The Balaban J connectivity index is 1.23. The maximum absolute atomic E-state index is 13.7. The molecule has 220 valence electrons. The molecular formula is C32H40N8O2. The SMILES string of the molecule is Cc1cc2cc(n1)-c1cnn(C)c1OCCCC(C1CC1)CN1/C(=N/C2=O)Nc2cc(NC3CCN(C)CC3)ccc21. The van der Waals surface area contributed by atoms with Crippen molar-refractivity contribution in [1.82, 2.24) is 19.7 Å². The van der Waals surface area contributed by atoms with E-state index in [0.717, 1.165) is 73.6 Å². The fraction of sp³-hybridized carbons (Fsp3) is 0.500. The monoisotopic (exact) mass is 568 g/mol. The molecule has 1 saturated heterocycles. The Labute approximate surface area is 247 Å². The van der Waals surface area contributed by atoms with E-state index in [4.69, 9.17) is 14.7 Å². The zero-order valence-electron chi connectivity index (χ0n) is 24.8. The van der Waals surface area contributed by atoms with E-state index in [9.17, 15) is 4.79 Å². The summed E-state index contributed by atoms with van der Waals surface area (Å²) < 4.78 is 8.02. The molecule has 7 rings (SSSR count). The molecule has 1 aromatic carbocycles. The van der Waals surface area contributed by atoms with E-state index in [-0.39, 0.29) is 5.91 Å². The molecule has 10 heteroatoms. The first kappa shape index (κ1) is 26.9. The van der Waals surface area contributed by atoms with E-state index in [1.165, 1.54) is 12.8 Å². The molecule has 1 saturated carbocycles. The van der Waals surface area contributed by atoms with Gasteiger partial charge in [0.1, 0.15) is 0 Å². The van der Waals surface area contributed by atoms with Crippen LogP contribution in [-0.2, 0) is 7.05 Å². The number of pyridine rings is 1. The lowest BCUT2D eigenvalue weighted by atomic mass is 9.97. The van der Waals surface area contributed by atoms with E-state index in [1.807, 2.05) is 14.0 Å². The van der Waals surface area contributed by atoms with E-state index in [0.29, 0.717) is 47.6 Å². The standard InChI is InChI=1S/C32H40N8O2/c1-20-15-23-16-27(34-20)26-18-33-39(3)31(26)42-14-4-5-22(21-6-7-21)19-40-29-9-8-25(35-24-10-12-38(2)13-11-24)17-28(29)36-32(40)37-30(23)41/h8-9,15-18,21-22,24,35H,4-7,10-14,19H2,1-3H3,(H,36,37,41). The number of rotatable bonds is 3. The molecule has 3 aromatic rings. The number of nitrogens with one attached hydrogen (secondary N) is 2. The fourth-order valence-corrected chi connectivity index (χ4v) is 6.58. The van der Waals surface area contributed by atoms with Crippen LogP contribution in [0.15, 0.2) is 41.5 Å². The zero-order valence-corrected chi connectivity index (χ0v) is 24.8. The number of benzene rings is 1. The van der Waals surface area contributed by atoms with Crippen molar-refractivity contribution in [3.05, 3.63) is 47.8 Å². The Kier molecular flexibility index (Phi) is 7.09. The summed E-state index contributed by atoms with van der Waals surface area (Å²) in [7, 11) is 4.06. The van der Waals surface area contributed by atoms with E-state index >= 15 is 0 Å². The second-order valence-corrected chi connectivity index (χ2v) is 12.4. The van der Waals surface area contributed by atoms with Gasteiger partial charge in [0, 0.05) is 36.6 Å². The predicted octanol–water partition coefficient (Wildman–Crippen LogP) is 4.92. The first-order chi connectivity index (χ1) is 20.4. The highest BCUT2D eigenvalue weighted by Gasteiger charge is 2.36. The summed E-state index contributed by atoms with van der Waals surface area (Å²) in [5.74, 6) is 2.16. The molecule has 1 atom stereocenters. The van der Waals surface area contributed by atoms with Crippen LogP contribution in [0.25, 0.3) is 11.3 Å². The third kappa shape index (κ3) is 5.47. The number of likely N-dealkylation sites (tertiary alicyclic amines) is 1. The van der Waals surface area contributed by atoms with Gasteiger partial charge in [-0.1, -0.05) is 0 Å². The number of hydrogen-bond donors (Lipinski definition) is 2. The number of aliphatic imine (C=N–C) groups is 1. The van der Waals surface area contributed by atoms with Crippen molar-refractivity contribution < 1.29 is 9.53 Å². The van der Waals surface area contributed by atoms with Crippen LogP contribution in [0.5, 0.6) is 5.88 Å². The number of anilines is 3. The van der Waals surface area contributed by atoms with E-state index < -0.39 is 0 Å². The van der Waals surface area contributed by atoms with Crippen LogP contribution in [0.3, 0.4) is 0 Å². The summed E-state index contributed by atoms with van der Waals surface area (Å²) in [6, 6.07) is 10.6. The topological polar surface area (TPSA) is 99.9 Å². The average Bonchev–Trinajstić information content (AvgIpc) is 3.68. The van der Waals surface area contributed by atoms with Crippen LogP contribution in [0.1, 0.15) is 54.6 Å². The van der Waals surface area contributed by atoms with Crippen molar-refractivity contribution in [2.24, 2.45) is 23.9 Å². The number of piperidine rings is 1. The van der Waals surface area contributed by atoms with Gasteiger partial charge in [0.05, 0.1) is 35.4 Å². The van der Waals surface area contributed by atoms with Gasteiger partial charge >= 0.3 is 0 Å². The minimum atomic E-state index is -0.295. The van der Waals surface area contributed by atoms with Crippen LogP contribution in [-0.4, -0.2) is 70.9 Å². The molecule has 4 aliphatic rings. The van der Waals surface area contributed by atoms with Crippen LogP contribution >= 0.6 is 0 Å². The van der Waals surface area contributed by atoms with Crippen molar-refractivity contribution in [3.8, 4) is 17.1 Å². The molecule has 1 amide bonds. The number of nitrogens with zero attached hydrogens (tertiary/aromatic N) is 6. The van der Waals surface area contributed by atoms with Crippen molar-refractivity contribution in [2.75, 3.05) is 48.8 Å². The molecule has 5 heterocycles. The molecule has 42 heavy (non-hydrogen) atoms. The number of hydrogen-bond acceptors (Lipinski definition) is 8. The lowest BCUT2D eigenvalue weighted by molar-refractivity contribution is 0.100. The second-order valence-electron chi connectivity index (χ2n) is 12.4. The highest BCUT2D eigenvalue weighted by molar-refractivity contribution is 6.19. The second kappa shape index (κ2) is 11.1. The van der Waals surface area contributed by atoms with Crippen molar-refractivity contribution in [1.29, 1.82) is 0 Å². The highest BCUT2D eigenvalue weighted by atomic mass is 16.5. The maximum Gasteiger partial charge on any atom is 0.280 e. The Morgan fingerprint density at radius 3 is 2.67 bits per heavy atom. The number of amides is 1. The summed E-state index contributed by atoms with van der Waals surface area (Å²) in [6.45, 7) is 5.54. The number of aryl methyl sites for hydroxylation is 2. The number of carbonyl (C=O) groups is 1. The van der Waals surface area contributed by atoms with Crippen molar-refractivity contribution >= 4 is 28.9 Å². The Morgan fingerprint density at radius 2 is 1.86 bits per heavy atom. The molecule has 2 N–H and O–H groups in total.